The van der Waals surface area contributed by atoms with E-state index in [0.29, 0.717) is 24.3 Å². The minimum atomic E-state index is 0.351. The maximum atomic E-state index is 9.10. The Hall–Kier alpha value is -1.57. The van der Waals surface area contributed by atoms with E-state index in [0.717, 1.165) is 43.5 Å². The lowest BCUT2D eigenvalue weighted by Crippen LogP contribution is -2.31. The van der Waals surface area contributed by atoms with Crippen molar-refractivity contribution in [3.05, 3.63) is 29.3 Å². The Morgan fingerprint density at radius 3 is 2.80 bits per heavy atom. The molecule has 0 bridgehead atoms. The molecule has 4 nitrogen and oxygen atoms in total. The maximum absolute atomic E-state index is 9.10. The van der Waals surface area contributed by atoms with E-state index in [9.17, 15) is 0 Å². The van der Waals surface area contributed by atoms with Gasteiger partial charge in [-0.3, -0.25) is 0 Å². The quantitative estimate of drug-likeness (QED) is 0.809. The molecule has 0 saturated heterocycles. The van der Waals surface area contributed by atoms with Gasteiger partial charge in [0.1, 0.15) is 6.07 Å². The Kier molecular flexibility index (Phi) is 5.40. The number of benzene rings is 1. The summed E-state index contributed by atoms with van der Waals surface area (Å²) in [4.78, 5) is 0. The zero-order valence-electron chi connectivity index (χ0n) is 12.1. The average molecular weight is 273 g/mol. The number of ether oxygens (including phenoxy) is 1. The number of nitrogens with one attached hydrogen (secondary N) is 1. The van der Waals surface area contributed by atoms with Crippen LogP contribution in [0.2, 0.25) is 0 Å². The molecule has 108 valence electrons. The summed E-state index contributed by atoms with van der Waals surface area (Å²) in [7, 11) is 0. The molecule has 1 saturated carbocycles. The number of nitrogens with zero attached hydrogens (tertiary/aromatic N) is 1. The SMILES string of the molecule is Cc1cccc(C#N)c1NCCOC1CCC(N)CC1. The van der Waals surface area contributed by atoms with Crippen LogP contribution >= 0.6 is 0 Å². The van der Waals surface area contributed by atoms with Crippen LogP contribution in [0.4, 0.5) is 5.69 Å². The second-order valence-electron chi connectivity index (χ2n) is 5.44. The number of nitriles is 1. The van der Waals surface area contributed by atoms with Crippen LogP contribution in [0.25, 0.3) is 0 Å². The van der Waals surface area contributed by atoms with Crippen LogP contribution in [-0.2, 0) is 4.74 Å². The smallest absolute Gasteiger partial charge is 0.101 e. The first-order valence-corrected chi connectivity index (χ1v) is 7.31. The molecule has 0 unspecified atom stereocenters. The molecule has 0 radical (unpaired) electrons. The molecule has 0 spiro atoms. The Morgan fingerprint density at radius 1 is 1.35 bits per heavy atom. The lowest BCUT2D eigenvalue weighted by Gasteiger charge is -2.26. The van der Waals surface area contributed by atoms with Gasteiger partial charge < -0.3 is 15.8 Å². The highest BCUT2D eigenvalue weighted by molar-refractivity contribution is 5.62. The van der Waals surface area contributed by atoms with Crippen LogP contribution in [0.5, 0.6) is 0 Å². The molecule has 1 fully saturated rings. The second-order valence-corrected chi connectivity index (χ2v) is 5.44. The van der Waals surface area contributed by atoms with Crippen molar-refractivity contribution in [2.45, 2.75) is 44.8 Å². The van der Waals surface area contributed by atoms with Gasteiger partial charge in [-0.2, -0.15) is 5.26 Å². The van der Waals surface area contributed by atoms with Crippen LogP contribution in [-0.4, -0.2) is 25.3 Å². The van der Waals surface area contributed by atoms with Gasteiger partial charge in [0.15, 0.2) is 0 Å². The van der Waals surface area contributed by atoms with Crippen LogP contribution in [0.15, 0.2) is 18.2 Å². The first-order valence-electron chi connectivity index (χ1n) is 7.31. The second kappa shape index (κ2) is 7.28. The maximum Gasteiger partial charge on any atom is 0.101 e. The van der Waals surface area contributed by atoms with E-state index in [-0.39, 0.29) is 0 Å². The molecule has 3 N–H and O–H groups in total. The summed E-state index contributed by atoms with van der Waals surface area (Å²) in [5.74, 6) is 0. The average Bonchev–Trinajstić information content (AvgIpc) is 2.46. The molecular weight excluding hydrogens is 250 g/mol. The molecule has 20 heavy (non-hydrogen) atoms. The predicted molar refractivity (Wildman–Crippen MR) is 80.6 cm³/mol. The van der Waals surface area contributed by atoms with Gasteiger partial charge in [-0.05, 0) is 44.2 Å². The first kappa shape index (κ1) is 14.8. The number of para-hydroxylation sites is 1. The van der Waals surface area contributed by atoms with Gasteiger partial charge in [-0.25, -0.2) is 0 Å². The third-order valence-electron chi connectivity index (χ3n) is 3.87. The number of nitrogens with two attached hydrogens (primary N) is 1. The van der Waals surface area contributed by atoms with Gasteiger partial charge in [0.2, 0.25) is 0 Å². The third-order valence-corrected chi connectivity index (χ3v) is 3.87. The van der Waals surface area contributed by atoms with Gasteiger partial charge in [-0.1, -0.05) is 12.1 Å². The van der Waals surface area contributed by atoms with Crippen molar-refractivity contribution >= 4 is 5.69 Å². The highest BCUT2D eigenvalue weighted by Crippen LogP contribution is 2.21. The number of aryl methyl sites for hydroxylation is 1. The predicted octanol–water partition coefficient (Wildman–Crippen LogP) is 2.57. The van der Waals surface area contributed by atoms with E-state index in [2.05, 4.69) is 11.4 Å². The van der Waals surface area contributed by atoms with E-state index in [4.69, 9.17) is 15.7 Å². The molecule has 2 rings (SSSR count). The number of rotatable bonds is 5. The van der Waals surface area contributed by atoms with E-state index in [1.807, 2.05) is 25.1 Å². The lowest BCUT2D eigenvalue weighted by atomic mass is 9.94. The van der Waals surface area contributed by atoms with Crippen LogP contribution in [0, 0.1) is 18.3 Å². The summed E-state index contributed by atoms with van der Waals surface area (Å²) in [5.41, 5.74) is 8.58. The van der Waals surface area contributed by atoms with Crippen molar-refractivity contribution in [2.75, 3.05) is 18.5 Å². The van der Waals surface area contributed by atoms with Crippen LogP contribution < -0.4 is 11.1 Å². The summed E-state index contributed by atoms with van der Waals surface area (Å²) >= 11 is 0. The Labute approximate surface area is 120 Å². The monoisotopic (exact) mass is 273 g/mol. The molecule has 0 aliphatic heterocycles. The minimum absolute atomic E-state index is 0.351. The molecule has 0 heterocycles. The molecule has 4 heteroatoms. The third kappa shape index (κ3) is 3.96. The van der Waals surface area contributed by atoms with Gasteiger partial charge >= 0.3 is 0 Å². The van der Waals surface area contributed by atoms with Crippen LogP contribution in [0.3, 0.4) is 0 Å². The van der Waals surface area contributed by atoms with Crippen molar-refractivity contribution in [1.29, 1.82) is 5.26 Å². The van der Waals surface area contributed by atoms with Gasteiger partial charge in [-0.15, -0.1) is 0 Å². The standard InChI is InChI=1S/C16H23N3O/c1-12-3-2-4-13(11-17)16(12)19-9-10-20-15-7-5-14(18)6-8-15/h2-4,14-15,19H,5-10,18H2,1H3. The van der Waals surface area contributed by atoms with Gasteiger partial charge in [0.05, 0.1) is 24.0 Å². The minimum Gasteiger partial charge on any atom is -0.381 e. The van der Waals surface area contributed by atoms with Crippen molar-refractivity contribution in [2.24, 2.45) is 5.73 Å². The number of anilines is 1. The molecule has 1 aromatic carbocycles. The number of hydrogen-bond acceptors (Lipinski definition) is 4. The highest BCUT2D eigenvalue weighted by Gasteiger charge is 2.18. The van der Waals surface area contributed by atoms with Crippen molar-refractivity contribution < 1.29 is 4.74 Å². The molecule has 1 aromatic rings. The van der Waals surface area contributed by atoms with Gasteiger partial charge in [0.25, 0.3) is 0 Å². The fraction of sp³-hybridized carbons (Fsp3) is 0.562. The summed E-state index contributed by atoms with van der Waals surface area (Å²) in [6.45, 7) is 3.40. The van der Waals surface area contributed by atoms with Crippen molar-refractivity contribution in [3.63, 3.8) is 0 Å². The fourth-order valence-electron chi connectivity index (χ4n) is 2.65. The summed E-state index contributed by atoms with van der Waals surface area (Å²) < 4.78 is 5.87. The van der Waals surface area contributed by atoms with E-state index in [1.54, 1.807) is 0 Å². The van der Waals surface area contributed by atoms with Crippen LogP contribution in [0.1, 0.15) is 36.8 Å². The Bertz CT molecular complexity index is 473. The molecular formula is C16H23N3O. The number of hydrogen-bond donors (Lipinski definition) is 2. The summed E-state index contributed by atoms with van der Waals surface area (Å²) in [5, 5.41) is 12.4. The van der Waals surface area contributed by atoms with E-state index in [1.165, 1.54) is 0 Å². The Balaban J connectivity index is 1.75. The molecule has 0 atom stereocenters. The van der Waals surface area contributed by atoms with Gasteiger partial charge in [0, 0.05) is 12.6 Å². The van der Waals surface area contributed by atoms with Crippen molar-refractivity contribution in [1.82, 2.24) is 0 Å². The normalized spacial score (nSPS) is 22.2. The zero-order chi connectivity index (χ0) is 14.4. The Morgan fingerprint density at radius 2 is 2.10 bits per heavy atom. The van der Waals surface area contributed by atoms with Crippen molar-refractivity contribution in [3.8, 4) is 6.07 Å². The first-order chi connectivity index (χ1) is 9.70. The topological polar surface area (TPSA) is 71.1 Å². The summed E-state index contributed by atoms with van der Waals surface area (Å²) in [6, 6.07) is 8.32. The molecule has 1 aliphatic carbocycles. The highest BCUT2D eigenvalue weighted by atomic mass is 16.5. The summed E-state index contributed by atoms with van der Waals surface area (Å²) in [6.07, 6.45) is 4.61. The lowest BCUT2D eigenvalue weighted by molar-refractivity contribution is 0.0313. The van der Waals surface area contributed by atoms with E-state index >= 15 is 0 Å². The van der Waals surface area contributed by atoms with E-state index < -0.39 is 0 Å². The zero-order valence-corrected chi connectivity index (χ0v) is 12.1. The fourth-order valence-corrected chi connectivity index (χ4v) is 2.65. The molecule has 0 amide bonds. The largest absolute Gasteiger partial charge is 0.381 e. The molecule has 0 aromatic heterocycles. The molecule has 1 aliphatic rings.